The monoisotopic (exact) mass is 385 g/mol. The minimum absolute atomic E-state index is 0.0378. The molecule has 0 aliphatic carbocycles. The van der Waals surface area contributed by atoms with Crippen LogP contribution >= 0.6 is 15.9 Å². The SMILES string of the molecule is CN(CC(=O)O)S(=O)(=O)c1ccc(S(C)(=O)=O)cc1Br. The topological polar surface area (TPSA) is 109 Å². The zero-order valence-corrected chi connectivity index (χ0v) is 13.8. The van der Waals surface area contributed by atoms with Gasteiger partial charge in [0.05, 0.1) is 9.79 Å². The lowest BCUT2D eigenvalue weighted by atomic mass is 10.4. The van der Waals surface area contributed by atoms with Gasteiger partial charge < -0.3 is 5.11 Å². The number of sulfonamides is 1. The normalized spacial score (nSPS) is 12.6. The second-order valence-electron chi connectivity index (χ2n) is 4.02. The first-order chi connectivity index (χ1) is 8.96. The standard InChI is InChI=1S/C10H12BrNO6S2/c1-12(6-10(13)14)20(17,18)9-4-3-7(5-8(9)11)19(2,15)16/h3-5H,6H2,1-2H3,(H,13,14). The number of hydrogen-bond donors (Lipinski definition) is 1. The van der Waals surface area contributed by atoms with Crippen LogP contribution < -0.4 is 0 Å². The van der Waals surface area contributed by atoms with Crippen molar-refractivity contribution in [1.29, 1.82) is 0 Å². The number of carboxylic acids is 1. The highest BCUT2D eigenvalue weighted by Crippen LogP contribution is 2.27. The molecule has 0 unspecified atom stereocenters. The molecule has 0 heterocycles. The summed E-state index contributed by atoms with van der Waals surface area (Å²) in [6, 6.07) is 3.44. The molecule has 0 amide bonds. The van der Waals surface area contributed by atoms with Crippen molar-refractivity contribution < 1.29 is 26.7 Å². The maximum atomic E-state index is 12.1. The molecular formula is C10H12BrNO6S2. The molecule has 0 atom stereocenters. The fraction of sp³-hybridized carbons (Fsp3) is 0.300. The zero-order chi connectivity index (χ0) is 15.7. The summed E-state index contributed by atoms with van der Waals surface area (Å²) in [6.45, 7) is -0.692. The molecule has 0 radical (unpaired) electrons. The smallest absolute Gasteiger partial charge is 0.318 e. The second kappa shape index (κ2) is 5.80. The molecule has 1 N–H and O–H groups in total. The van der Waals surface area contributed by atoms with E-state index in [0.29, 0.717) is 4.31 Å². The van der Waals surface area contributed by atoms with Gasteiger partial charge in [-0.15, -0.1) is 0 Å². The molecule has 0 aliphatic heterocycles. The first-order valence-corrected chi connectivity index (χ1v) is 9.26. The predicted octanol–water partition coefficient (Wildman–Crippen LogP) is 0.558. The Kier molecular flexibility index (Phi) is 4.95. The van der Waals surface area contributed by atoms with Crippen LogP contribution in [0.25, 0.3) is 0 Å². The summed E-state index contributed by atoms with van der Waals surface area (Å²) in [5.74, 6) is -1.29. The number of sulfone groups is 1. The van der Waals surface area contributed by atoms with Crippen LogP contribution in [0.15, 0.2) is 32.5 Å². The Bertz CT molecular complexity index is 741. The first-order valence-electron chi connectivity index (χ1n) is 5.14. The van der Waals surface area contributed by atoms with Gasteiger partial charge in [-0.25, -0.2) is 16.8 Å². The van der Waals surface area contributed by atoms with E-state index < -0.39 is 32.4 Å². The Morgan fingerprint density at radius 3 is 2.25 bits per heavy atom. The summed E-state index contributed by atoms with van der Waals surface area (Å²) in [7, 11) is -6.35. The molecule has 112 valence electrons. The Balaban J connectivity index is 3.31. The van der Waals surface area contributed by atoms with Gasteiger partial charge in [0.25, 0.3) is 0 Å². The molecule has 0 saturated carbocycles. The summed E-state index contributed by atoms with van der Waals surface area (Å²) in [4.78, 5) is 10.3. The van der Waals surface area contributed by atoms with E-state index in [0.717, 1.165) is 31.5 Å². The van der Waals surface area contributed by atoms with Crippen LogP contribution in [-0.2, 0) is 24.7 Å². The van der Waals surface area contributed by atoms with Gasteiger partial charge in [0.1, 0.15) is 6.54 Å². The molecule has 10 heteroatoms. The molecule has 1 aromatic rings. The average Bonchev–Trinajstić information content (AvgIpc) is 2.26. The number of nitrogens with zero attached hydrogens (tertiary/aromatic N) is 1. The molecule has 0 aromatic heterocycles. The predicted molar refractivity (Wildman–Crippen MR) is 74.7 cm³/mol. The number of rotatable bonds is 5. The number of likely N-dealkylation sites (N-methyl/N-ethyl adjacent to an activating group) is 1. The van der Waals surface area contributed by atoms with Gasteiger partial charge in [-0.1, -0.05) is 0 Å². The number of hydrogen-bond acceptors (Lipinski definition) is 5. The summed E-state index contributed by atoms with van der Waals surface area (Å²) in [6.07, 6.45) is 1.000. The molecular weight excluding hydrogens is 374 g/mol. The van der Waals surface area contributed by atoms with E-state index >= 15 is 0 Å². The third kappa shape index (κ3) is 3.78. The molecule has 0 saturated heterocycles. The third-order valence-electron chi connectivity index (χ3n) is 2.38. The summed E-state index contributed by atoms with van der Waals surface area (Å²) in [5, 5.41) is 8.62. The van der Waals surface area contributed by atoms with Crippen molar-refractivity contribution >= 4 is 41.8 Å². The number of carbonyl (C=O) groups is 1. The Hall–Kier alpha value is -0.970. The fourth-order valence-electron chi connectivity index (χ4n) is 1.36. The average molecular weight is 386 g/mol. The number of benzene rings is 1. The quantitative estimate of drug-likeness (QED) is 0.792. The third-order valence-corrected chi connectivity index (χ3v) is 6.27. The van der Waals surface area contributed by atoms with Crippen LogP contribution in [0.5, 0.6) is 0 Å². The van der Waals surface area contributed by atoms with Gasteiger partial charge in [-0.3, -0.25) is 4.79 Å². The highest BCUT2D eigenvalue weighted by molar-refractivity contribution is 9.10. The van der Waals surface area contributed by atoms with Gasteiger partial charge in [0.2, 0.25) is 10.0 Å². The summed E-state index contributed by atoms with van der Waals surface area (Å²) in [5.41, 5.74) is 0. The van der Waals surface area contributed by atoms with E-state index in [9.17, 15) is 21.6 Å². The van der Waals surface area contributed by atoms with E-state index in [2.05, 4.69) is 15.9 Å². The molecule has 0 aliphatic rings. The highest BCUT2D eigenvalue weighted by Gasteiger charge is 2.25. The van der Waals surface area contributed by atoms with Crippen LogP contribution in [0.3, 0.4) is 0 Å². The van der Waals surface area contributed by atoms with Gasteiger partial charge >= 0.3 is 5.97 Å². The van der Waals surface area contributed by atoms with Crippen molar-refractivity contribution in [3.63, 3.8) is 0 Å². The van der Waals surface area contributed by atoms with E-state index in [1.165, 1.54) is 0 Å². The molecule has 0 bridgehead atoms. The lowest BCUT2D eigenvalue weighted by Crippen LogP contribution is -2.32. The molecule has 0 spiro atoms. The molecule has 1 aromatic carbocycles. The second-order valence-corrected chi connectivity index (χ2v) is 8.90. The van der Waals surface area contributed by atoms with Crippen LogP contribution in [0.1, 0.15) is 0 Å². The Morgan fingerprint density at radius 2 is 1.85 bits per heavy atom. The number of halogens is 1. The van der Waals surface area contributed by atoms with Crippen LogP contribution in [-0.4, -0.2) is 52.1 Å². The molecule has 0 fully saturated rings. The van der Waals surface area contributed by atoms with Crippen molar-refractivity contribution in [3.05, 3.63) is 22.7 Å². The van der Waals surface area contributed by atoms with Crippen molar-refractivity contribution in [2.24, 2.45) is 0 Å². The first kappa shape index (κ1) is 17.1. The summed E-state index contributed by atoms with van der Waals surface area (Å²) < 4.78 is 47.7. The molecule has 20 heavy (non-hydrogen) atoms. The van der Waals surface area contributed by atoms with E-state index in [1.807, 2.05) is 0 Å². The van der Waals surface area contributed by atoms with Gasteiger partial charge in [-0.05, 0) is 34.1 Å². The van der Waals surface area contributed by atoms with Gasteiger partial charge in [0.15, 0.2) is 9.84 Å². The van der Waals surface area contributed by atoms with Gasteiger partial charge in [0, 0.05) is 17.8 Å². The Morgan fingerprint density at radius 1 is 1.30 bits per heavy atom. The zero-order valence-electron chi connectivity index (χ0n) is 10.6. The molecule has 1 rings (SSSR count). The van der Waals surface area contributed by atoms with Crippen molar-refractivity contribution in [1.82, 2.24) is 4.31 Å². The minimum atomic E-state index is -4.02. The maximum absolute atomic E-state index is 12.1. The van der Waals surface area contributed by atoms with Crippen molar-refractivity contribution in [2.45, 2.75) is 9.79 Å². The lowest BCUT2D eigenvalue weighted by Gasteiger charge is -2.16. The largest absolute Gasteiger partial charge is 0.480 e. The van der Waals surface area contributed by atoms with E-state index in [4.69, 9.17) is 5.11 Å². The van der Waals surface area contributed by atoms with Crippen molar-refractivity contribution in [3.8, 4) is 0 Å². The number of carboxylic acid groups (broad SMARTS) is 1. The number of aliphatic carboxylic acids is 1. The highest BCUT2D eigenvalue weighted by atomic mass is 79.9. The minimum Gasteiger partial charge on any atom is -0.480 e. The lowest BCUT2D eigenvalue weighted by molar-refractivity contribution is -0.137. The summed E-state index contributed by atoms with van der Waals surface area (Å²) >= 11 is 2.99. The maximum Gasteiger partial charge on any atom is 0.318 e. The van der Waals surface area contributed by atoms with E-state index in [-0.39, 0.29) is 14.3 Å². The van der Waals surface area contributed by atoms with E-state index in [1.54, 1.807) is 0 Å². The van der Waals surface area contributed by atoms with Crippen LogP contribution in [0, 0.1) is 0 Å². The molecule has 7 nitrogen and oxygen atoms in total. The van der Waals surface area contributed by atoms with Crippen LogP contribution in [0.4, 0.5) is 0 Å². The van der Waals surface area contributed by atoms with Crippen molar-refractivity contribution in [2.75, 3.05) is 19.8 Å². The fourth-order valence-corrected chi connectivity index (χ4v) is 4.32. The van der Waals surface area contributed by atoms with Gasteiger partial charge in [-0.2, -0.15) is 4.31 Å². The Labute approximate surface area is 125 Å². The van der Waals surface area contributed by atoms with Crippen LogP contribution in [0.2, 0.25) is 0 Å².